The first-order valence-corrected chi connectivity index (χ1v) is 12.6. The van der Waals surface area contributed by atoms with Gasteiger partial charge in [0.05, 0.1) is 35.8 Å². The number of hydrogen-bond acceptors (Lipinski definition) is 6. The Morgan fingerprint density at radius 1 is 1.24 bits per heavy atom. The maximum atomic E-state index is 13.7. The SMILES string of the molecule is CCOc1ccc(NC(=O)[C@@H]2[C@@H]3CCC4(S3)C(C(=O)NC(C)C)N([C@H](C)CO)C(=O)[C@H]24)cc1. The minimum atomic E-state index is -0.696. The highest BCUT2D eigenvalue weighted by atomic mass is 32.2. The summed E-state index contributed by atoms with van der Waals surface area (Å²) in [5, 5.41) is 15.8. The number of fused-ring (bicyclic) bond motifs is 1. The van der Waals surface area contributed by atoms with E-state index in [9.17, 15) is 19.5 Å². The summed E-state index contributed by atoms with van der Waals surface area (Å²) in [7, 11) is 0. The van der Waals surface area contributed by atoms with Crippen LogP contribution in [0.3, 0.4) is 0 Å². The molecule has 2 bridgehead atoms. The molecule has 3 heterocycles. The third kappa shape index (κ3) is 3.99. The van der Waals surface area contributed by atoms with Gasteiger partial charge in [-0.15, -0.1) is 11.8 Å². The summed E-state index contributed by atoms with van der Waals surface area (Å²) >= 11 is 1.62. The molecular weight excluding hydrogens is 442 g/mol. The van der Waals surface area contributed by atoms with E-state index in [1.54, 1.807) is 43.0 Å². The number of thioether (sulfide) groups is 1. The van der Waals surface area contributed by atoms with Crippen LogP contribution in [0.4, 0.5) is 5.69 Å². The molecule has 4 rings (SSSR count). The van der Waals surface area contributed by atoms with Crippen LogP contribution in [0.5, 0.6) is 5.75 Å². The molecule has 1 aromatic carbocycles. The van der Waals surface area contributed by atoms with Crippen LogP contribution in [-0.2, 0) is 14.4 Å². The highest BCUT2D eigenvalue weighted by molar-refractivity contribution is 8.02. The third-order valence-corrected chi connectivity index (χ3v) is 8.84. The lowest BCUT2D eigenvalue weighted by Crippen LogP contribution is -2.57. The average Bonchev–Trinajstić information content (AvgIpc) is 3.41. The van der Waals surface area contributed by atoms with E-state index >= 15 is 0 Å². The van der Waals surface area contributed by atoms with E-state index in [0.29, 0.717) is 18.7 Å². The second-order valence-corrected chi connectivity index (χ2v) is 11.0. The molecule has 0 aliphatic carbocycles. The number of hydrogen-bond donors (Lipinski definition) is 3. The predicted octanol–water partition coefficient (Wildman–Crippen LogP) is 2.02. The van der Waals surface area contributed by atoms with Crippen molar-refractivity contribution in [3.05, 3.63) is 24.3 Å². The van der Waals surface area contributed by atoms with Gasteiger partial charge in [-0.25, -0.2) is 0 Å². The van der Waals surface area contributed by atoms with E-state index in [4.69, 9.17) is 4.74 Å². The van der Waals surface area contributed by atoms with Gasteiger partial charge in [0.15, 0.2) is 0 Å². The molecule has 3 amide bonds. The van der Waals surface area contributed by atoms with Crippen molar-refractivity contribution in [3.8, 4) is 5.75 Å². The molecule has 0 aromatic heterocycles. The number of ether oxygens (including phenoxy) is 1. The Morgan fingerprint density at radius 3 is 2.55 bits per heavy atom. The van der Waals surface area contributed by atoms with Crippen molar-refractivity contribution in [2.45, 2.75) is 68.7 Å². The number of benzene rings is 1. The number of likely N-dealkylation sites (tertiary alicyclic amines) is 1. The Balaban J connectivity index is 1.62. The van der Waals surface area contributed by atoms with E-state index in [1.807, 2.05) is 20.8 Å². The third-order valence-electron chi connectivity index (χ3n) is 6.89. The number of aliphatic hydroxyl groups is 1. The maximum Gasteiger partial charge on any atom is 0.244 e. The Hall–Kier alpha value is -2.26. The normalized spacial score (nSPS) is 31.0. The van der Waals surface area contributed by atoms with Crippen molar-refractivity contribution in [3.63, 3.8) is 0 Å². The fourth-order valence-corrected chi connectivity index (χ4v) is 7.85. The molecule has 1 aromatic rings. The number of rotatable bonds is 8. The van der Waals surface area contributed by atoms with E-state index in [0.717, 1.165) is 12.2 Å². The summed E-state index contributed by atoms with van der Waals surface area (Å²) in [5.74, 6) is -0.987. The molecule has 8 nitrogen and oxygen atoms in total. The minimum absolute atomic E-state index is 0.0115. The summed E-state index contributed by atoms with van der Waals surface area (Å²) in [6.45, 7) is 7.75. The van der Waals surface area contributed by atoms with Gasteiger partial charge in [0, 0.05) is 17.0 Å². The highest BCUT2D eigenvalue weighted by Crippen LogP contribution is 2.66. The molecule has 3 aliphatic rings. The van der Waals surface area contributed by atoms with Gasteiger partial charge in [-0.2, -0.15) is 0 Å². The van der Waals surface area contributed by atoms with Crippen molar-refractivity contribution in [1.29, 1.82) is 0 Å². The van der Waals surface area contributed by atoms with Crippen LogP contribution in [-0.4, -0.2) is 69.1 Å². The Kier molecular flexibility index (Phi) is 6.64. The molecule has 180 valence electrons. The lowest BCUT2D eigenvalue weighted by atomic mass is 9.70. The van der Waals surface area contributed by atoms with Crippen molar-refractivity contribution in [2.24, 2.45) is 11.8 Å². The number of nitrogens with zero attached hydrogens (tertiary/aromatic N) is 1. The molecule has 3 saturated heterocycles. The first-order chi connectivity index (χ1) is 15.7. The fraction of sp³-hybridized carbons (Fsp3) is 0.625. The number of aliphatic hydroxyl groups excluding tert-OH is 1. The quantitative estimate of drug-likeness (QED) is 0.531. The van der Waals surface area contributed by atoms with Gasteiger partial charge in [0.2, 0.25) is 17.7 Å². The minimum Gasteiger partial charge on any atom is -0.494 e. The van der Waals surface area contributed by atoms with Crippen molar-refractivity contribution in [1.82, 2.24) is 10.2 Å². The highest BCUT2D eigenvalue weighted by Gasteiger charge is 2.74. The molecule has 1 spiro atoms. The fourth-order valence-electron chi connectivity index (χ4n) is 5.64. The van der Waals surface area contributed by atoms with Gasteiger partial charge in [0.1, 0.15) is 11.8 Å². The van der Waals surface area contributed by atoms with Crippen molar-refractivity contribution < 1.29 is 24.2 Å². The van der Waals surface area contributed by atoms with Crippen molar-refractivity contribution in [2.75, 3.05) is 18.5 Å². The van der Waals surface area contributed by atoms with E-state index in [-0.39, 0.29) is 35.6 Å². The van der Waals surface area contributed by atoms with Gasteiger partial charge in [-0.3, -0.25) is 14.4 Å². The number of nitrogens with one attached hydrogen (secondary N) is 2. The molecule has 3 N–H and O–H groups in total. The smallest absolute Gasteiger partial charge is 0.244 e. The standard InChI is InChI=1S/C24H33N3O5S/c1-5-32-16-8-6-15(7-9-16)26-21(29)18-17-10-11-24(33-17)19(18)23(31)27(14(4)12-28)20(24)22(30)25-13(2)3/h6-9,13-14,17-20,28H,5,10-12H2,1-4H3,(H,25,30)(H,26,29)/t14-,17+,18-,19+,20?,24?/m1/s1. The van der Waals surface area contributed by atoms with Crippen LogP contribution < -0.4 is 15.4 Å². The largest absolute Gasteiger partial charge is 0.494 e. The van der Waals surface area contributed by atoms with Crippen molar-refractivity contribution >= 4 is 35.2 Å². The molecule has 0 radical (unpaired) electrons. The monoisotopic (exact) mass is 475 g/mol. The van der Waals surface area contributed by atoms with Gasteiger partial charge < -0.3 is 25.4 Å². The maximum absolute atomic E-state index is 13.7. The first kappa shape index (κ1) is 23.9. The van der Waals surface area contributed by atoms with Crippen LogP contribution in [0.25, 0.3) is 0 Å². The molecule has 33 heavy (non-hydrogen) atoms. The lowest BCUT2D eigenvalue weighted by Gasteiger charge is -2.36. The number of carbonyl (C=O) groups is 3. The van der Waals surface area contributed by atoms with E-state index in [2.05, 4.69) is 10.6 Å². The van der Waals surface area contributed by atoms with E-state index in [1.165, 1.54) is 4.90 Å². The number of carbonyl (C=O) groups excluding carboxylic acids is 3. The summed E-state index contributed by atoms with van der Waals surface area (Å²) in [6, 6.07) is 5.90. The summed E-state index contributed by atoms with van der Waals surface area (Å²) in [4.78, 5) is 41.9. The van der Waals surface area contributed by atoms with Crippen LogP contribution >= 0.6 is 11.8 Å². The van der Waals surface area contributed by atoms with Gasteiger partial charge in [-0.1, -0.05) is 0 Å². The molecule has 2 unspecified atom stereocenters. The molecule has 6 atom stereocenters. The zero-order chi connectivity index (χ0) is 23.9. The van der Waals surface area contributed by atoms with Crippen LogP contribution in [0.2, 0.25) is 0 Å². The first-order valence-electron chi connectivity index (χ1n) is 11.7. The van der Waals surface area contributed by atoms with E-state index < -0.39 is 28.7 Å². The molecule has 9 heteroatoms. The zero-order valence-electron chi connectivity index (χ0n) is 19.5. The van der Waals surface area contributed by atoms with Crippen LogP contribution in [0.15, 0.2) is 24.3 Å². The topological polar surface area (TPSA) is 108 Å². The lowest BCUT2D eigenvalue weighted by molar-refractivity contribution is -0.141. The predicted molar refractivity (Wildman–Crippen MR) is 127 cm³/mol. The van der Waals surface area contributed by atoms with Gasteiger partial charge in [-0.05, 0) is 64.8 Å². The summed E-state index contributed by atoms with van der Waals surface area (Å²) in [5.41, 5.74) is 0.644. The number of anilines is 1. The molecule has 3 fully saturated rings. The Morgan fingerprint density at radius 2 is 1.94 bits per heavy atom. The molecule has 3 aliphatic heterocycles. The Labute approximate surface area is 198 Å². The molecular formula is C24H33N3O5S. The van der Waals surface area contributed by atoms with Gasteiger partial charge >= 0.3 is 0 Å². The summed E-state index contributed by atoms with van der Waals surface area (Å²) < 4.78 is 4.81. The second-order valence-electron chi connectivity index (χ2n) is 9.44. The average molecular weight is 476 g/mol. The van der Waals surface area contributed by atoms with Crippen LogP contribution in [0, 0.1) is 11.8 Å². The zero-order valence-corrected chi connectivity index (χ0v) is 20.4. The summed E-state index contributed by atoms with van der Waals surface area (Å²) in [6.07, 6.45) is 1.49. The molecule has 0 saturated carbocycles. The van der Waals surface area contributed by atoms with Gasteiger partial charge in [0.25, 0.3) is 0 Å². The van der Waals surface area contributed by atoms with Crippen LogP contribution in [0.1, 0.15) is 40.5 Å². The second kappa shape index (κ2) is 9.18. The number of amides is 3. The Bertz CT molecular complexity index is 923.